The highest BCUT2D eigenvalue weighted by atomic mass is 16.5. The molecule has 0 aliphatic heterocycles. The second kappa shape index (κ2) is 5.00. The Morgan fingerprint density at radius 3 is 2.80 bits per heavy atom. The monoisotopic (exact) mass is 273 g/mol. The lowest BCUT2D eigenvalue weighted by Gasteiger charge is -2.04. The summed E-state index contributed by atoms with van der Waals surface area (Å²) in [6.45, 7) is 1.53. The van der Waals surface area contributed by atoms with Gasteiger partial charge in [-0.25, -0.2) is 4.79 Å². The maximum atomic E-state index is 11.9. The fourth-order valence-electron chi connectivity index (χ4n) is 2.06. The summed E-state index contributed by atoms with van der Waals surface area (Å²) in [6.07, 6.45) is 2.00. The van der Waals surface area contributed by atoms with Gasteiger partial charge in [0.25, 0.3) is 5.91 Å². The van der Waals surface area contributed by atoms with Gasteiger partial charge in [-0.15, -0.1) is 0 Å². The van der Waals surface area contributed by atoms with Crippen molar-refractivity contribution >= 4 is 22.8 Å². The molecule has 1 aliphatic rings. The van der Waals surface area contributed by atoms with Crippen LogP contribution in [0.5, 0.6) is 0 Å². The average Bonchev–Trinajstić information content (AvgIpc) is 3.19. The zero-order valence-corrected chi connectivity index (χ0v) is 11.1. The van der Waals surface area contributed by atoms with Crippen molar-refractivity contribution in [3.8, 4) is 0 Å². The number of benzene rings is 1. The molecule has 1 heterocycles. The number of hydrogen-bond donors (Lipinski definition) is 1. The molecule has 3 rings (SSSR count). The zero-order chi connectivity index (χ0) is 14.1. The van der Waals surface area contributed by atoms with E-state index in [0.717, 1.165) is 23.8 Å². The molecule has 20 heavy (non-hydrogen) atoms. The number of fused-ring (bicyclic) bond motifs is 1. The molecule has 1 amide bonds. The van der Waals surface area contributed by atoms with Crippen LogP contribution in [0.3, 0.4) is 0 Å². The minimum Gasteiger partial charge on any atom is -0.450 e. The highest BCUT2D eigenvalue weighted by molar-refractivity contribution is 5.96. The van der Waals surface area contributed by atoms with E-state index in [4.69, 9.17) is 9.15 Å². The van der Waals surface area contributed by atoms with Gasteiger partial charge in [-0.2, -0.15) is 0 Å². The number of aryl methyl sites for hydroxylation is 1. The molecule has 0 bridgehead atoms. The third kappa shape index (κ3) is 2.52. The first-order chi connectivity index (χ1) is 9.65. The predicted molar refractivity (Wildman–Crippen MR) is 72.4 cm³/mol. The topological polar surface area (TPSA) is 68.5 Å². The number of para-hydroxylation sites is 1. The summed E-state index contributed by atoms with van der Waals surface area (Å²) in [5.74, 6) is -0.718. The van der Waals surface area contributed by atoms with Gasteiger partial charge >= 0.3 is 5.97 Å². The van der Waals surface area contributed by atoms with Crippen LogP contribution < -0.4 is 5.32 Å². The fourth-order valence-corrected chi connectivity index (χ4v) is 2.06. The quantitative estimate of drug-likeness (QED) is 0.867. The molecular formula is C15H15NO4. The molecular weight excluding hydrogens is 258 g/mol. The Hall–Kier alpha value is -2.30. The Kier molecular flexibility index (Phi) is 3.18. The third-order valence-electron chi connectivity index (χ3n) is 3.31. The second-order valence-corrected chi connectivity index (χ2v) is 4.97. The van der Waals surface area contributed by atoms with E-state index in [1.165, 1.54) is 0 Å². The SMILES string of the molecule is Cc1c(C(=O)OCC(=O)NC2CC2)oc2ccccc12. The maximum absolute atomic E-state index is 11.9. The van der Waals surface area contributed by atoms with Crippen molar-refractivity contribution in [1.82, 2.24) is 5.32 Å². The molecule has 1 aromatic carbocycles. The molecule has 1 aliphatic carbocycles. The number of esters is 1. The van der Waals surface area contributed by atoms with Crippen LogP contribution in [0.4, 0.5) is 0 Å². The van der Waals surface area contributed by atoms with Crippen molar-refractivity contribution < 1.29 is 18.7 Å². The molecule has 5 nitrogen and oxygen atoms in total. The lowest BCUT2D eigenvalue weighted by atomic mass is 10.1. The standard InChI is InChI=1S/C15H15NO4/c1-9-11-4-2-3-5-12(11)20-14(9)15(18)19-8-13(17)16-10-6-7-10/h2-5,10H,6-8H2,1H3,(H,16,17). The summed E-state index contributed by atoms with van der Waals surface area (Å²) in [5, 5.41) is 3.63. The first-order valence-electron chi connectivity index (χ1n) is 6.60. The number of ether oxygens (including phenoxy) is 1. The molecule has 2 aromatic rings. The van der Waals surface area contributed by atoms with Gasteiger partial charge in [0.1, 0.15) is 5.58 Å². The van der Waals surface area contributed by atoms with Crippen molar-refractivity contribution in [2.45, 2.75) is 25.8 Å². The molecule has 0 saturated heterocycles. The van der Waals surface area contributed by atoms with Gasteiger partial charge in [0.15, 0.2) is 6.61 Å². The first-order valence-corrected chi connectivity index (χ1v) is 6.60. The average molecular weight is 273 g/mol. The normalized spacial score (nSPS) is 14.2. The van der Waals surface area contributed by atoms with Gasteiger partial charge < -0.3 is 14.5 Å². The summed E-state index contributed by atoms with van der Waals surface area (Å²) in [4.78, 5) is 23.4. The number of nitrogens with one attached hydrogen (secondary N) is 1. The smallest absolute Gasteiger partial charge is 0.375 e. The number of hydrogen-bond acceptors (Lipinski definition) is 4. The molecule has 0 unspecified atom stereocenters. The van der Waals surface area contributed by atoms with Crippen LogP contribution in [-0.4, -0.2) is 24.5 Å². The number of carbonyl (C=O) groups excluding carboxylic acids is 2. The Labute approximate surface area is 115 Å². The van der Waals surface area contributed by atoms with Gasteiger partial charge in [0, 0.05) is 17.0 Å². The largest absolute Gasteiger partial charge is 0.450 e. The maximum Gasteiger partial charge on any atom is 0.375 e. The van der Waals surface area contributed by atoms with Gasteiger partial charge in [-0.1, -0.05) is 18.2 Å². The number of carbonyl (C=O) groups is 2. The van der Waals surface area contributed by atoms with Crippen molar-refractivity contribution in [2.24, 2.45) is 0 Å². The number of amides is 1. The van der Waals surface area contributed by atoms with Crippen LogP contribution in [0.1, 0.15) is 29.0 Å². The van der Waals surface area contributed by atoms with Crippen molar-refractivity contribution in [3.63, 3.8) is 0 Å². The third-order valence-corrected chi connectivity index (χ3v) is 3.31. The molecule has 0 radical (unpaired) electrons. The summed E-state index contributed by atoms with van der Waals surface area (Å²) in [5.41, 5.74) is 1.37. The molecule has 5 heteroatoms. The van der Waals surface area contributed by atoms with Gasteiger partial charge in [0.2, 0.25) is 5.76 Å². The van der Waals surface area contributed by atoms with Gasteiger partial charge in [-0.05, 0) is 25.8 Å². The Morgan fingerprint density at radius 1 is 1.35 bits per heavy atom. The highest BCUT2D eigenvalue weighted by Crippen LogP contribution is 2.25. The molecule has 1 aromatic heterocycles. The summed E-state index contributed by atoms with van der Waals surface area (Å²) < 4.78 is 10.5. The van der Waals surface area contributed by atoms with Gasteiger partial charge in [0.05, 0.1) is 0 Å². The number of furan rings is 1. The van der Waals surface area contributed by atoms with E-state index in [1.54, 1.807) is 13.0 Å². The lowest BCUT2D eigenvalue weighted by molar-refractivity contribution is -0.124. The molecule has 0 atom stereocenters. The van der Waals surface area contributed by atoms with Crippen LogP contribution >= 0.6 is 0 Å². The summed E-state index contributed by atoms with van der Waals surface area (Å²) >= 11 is 0. The van der Waals surface area contributed by atoms with Crippen LogP contribution in [0, 0.1) is 6.92 Å². The van der Waals surface area contributed by atoms with E-state index in [2.05, 4.69) is 5.32 Å². The van der Waals surface area contributed by atoms with Crippen LogP contribution in [0.2, 0.25) is 0 Å². The zero-order valence-electron chi connectivity index (χ0n) is 11.1. The van der Waals surface area contributed by atoms with E-state index in [0.29, 0.717) is 5.58 Å². The molecule has 1 N–H and O–H groups in total. The summed E-state index contributed by atoms with van der Waals surface area (Å²) in [6, 6.07) is 7.64. The van der Waals surface area contributed by atoms with E-state index in [-0.39, 0.29) is 24.3 Å². The van der Waals surface area contributed by atoms with Crippen LogP contribution in [-0.2, 0) is 9.53 Å². The lowest BCUT2D eigenvalue weighted by Crippen LogP contribution is -2.30. The fraction of sp³-hybridized carbons (Fsp3) is 0.333. The van der Waals surface area contributed by atoms with Crippen molar-refractivity contribution in [1.29, 1.82) is 0 Å². The van der Waals surface area contributed by atoms with Crippen molar-refractivity contribution in [3.05, 3.63) is 35.6 Å². The Bertz CT molecular complexity index is 670. The number of rotatable bonds is 4. The molecule has 0 spiro atoms. The van der Waals surface area contributed by atoms with Gasteiger partial charge in [-0.3, -0.25) is 4.79 Å². The molecule has 1 saturated carbocycles. The van der Waals surface area contributed by atoms with E-state index < -0.39 is 5.97 Å². The minimum atomic E-state index is -0.607. The van der Waals surface area contributed by atoms with E-state index >= 15 is 0 Å². The van der Waals surface area contributed by atoms with E-state index in [1.807, 2.05) is 18.2 Å². The summed E-state index contributed by atoms with van der Waals surface area (Å²) in [7, 11) is 0. The van der Waals surface area contributed by atoms with Crippen LogP contribution in [0.15, 0.2) is 28.7 Å². The minimum absolute atomic E-state index is 0.158. The first kappa shape index (κ1) is 12.7. The van der Waals surface area contributed by atoms with Crippen molar-refractivity contribution in [2.75, 3.05) is 6.61 Å². The highest BCUT2D eigenvalue weighted by Gasteiger charge is 2.24. The predicted octanol–water partition coefficient (Wildman–Crippen LogP) is 2.18. The Balaban J connectivity index is 1.68. The Morgan fingerprint density at radius 2 is 2.10 bits per heavy atom. The second-order valence-electron chi connectivity index (χ2n) is 4.97. The molecule has 1 fully saturated rings. The van der Waals surface area contributed by atoms with E-state index in [9.17, 15) is 9.59 Å². The van der Waals surface area contributed by atoms with Crippen LogP contribution in [0.25, 0.3) is 11.0 Å². The molecule has 104 valence electrons.